The summed E-state index contributed by atoms with van der Waals surface area (Å²) in [6, 6.07) is 3.19. The Hall–Kier alpha value is -1.49. The van der Waals surface area contributed by atoms with Gasteiger partial charge >= 0.3 is 0 Å². The van der Waals surface area contributed by atoms with Crippen molar-refractivity contribution in [2.75, 3.05) is 6.54 Å². The highest BCUT2D eigenvalue weighted by Gasteiger charge is 2.13. The van der Waals surface area contributed by atoms with E-state index in [1.54, 1.807) is 0 Å². The average Bonchev–Trinajstić information content (AvgIpc) is 2.38. The minimum absolute atomic E-state index is 0.0696. The van der Waals surface area contributed by atoms with E-state index in [2.05, 4.69) is 19.2 Å². The van der Waals surface area contributed by atoms with Crippen LogP contribution in [0, 0.1) is 17.6 Å². The predicted molar refractivity (Wildman–Crippen MR) is 75.1 cm³/mol. The second-order valence-electron chi connectivity index (χ2n) is 5.37. The van der Waals surface area contributed by atoms with E-state index in [0.29, 0.717) is 12.5 Å². The molecule has 20 heavy (non-hydrogen) atoms. The minimum Gasteiger partial charge on any atom is -0.352 e. The number of benzene rings is 1. The first kappa shape index (κ1) is 16.6. The molecule has 1 aromatic rings. The van der Waals surface area contributed by atoms with Gasteiger partial charge in [0.1, 0.15) is 11.6 Å². The van der Waals surface area contributed by atoms with Crippen molar-refractivity contribution in [3.8, 4) is 0 Å². The fraction of sp³-hybridized carbons (Fsp3) is 0.533. The van der Waals surface area contributed by atoms with E-state index in [1.807, 2.05) is 0 Å². The molecule has 1 rings (SSSR count). The molecule has 0 aliphatic rings. The van der Waals surface area contributed by atoms with E-state index in [1.165, 1.54) is 0 Å². The first-order chi connectivity index (χ1) is 9.42. The predicted octanol–water partition coefficient (Wildman–Crippen LogP) is 2.39. The molecule has 1 amide bonds. The van der Waals surface area contributed by atoms with Gasteiger partial charge in [-0.3, -0.25) is 4.79 Å². The van der Waals surface area contributed by atoms with Crippen molar-refractivity contribution in [2.24, 2.45) is 11.7 Å². The van der Waals surface area contributed by atoms with Crippen LogP contribution in [0.5, 0.6) is 0 Å². The highest BCUT2D eigenvalue weighted by molar-refractivity contribution is 5.76. The van der Waals surface area contributed by atoms with Gasteiger partial charge in [0.2, 0.25) is 5.91 Å². The summed E-state index contributed by atoms with van der Waals surface area (Å²) in [5.41, 5.74) is 5.81. The molecule has 3 nitrogen and oxygen atoms in total. The molecule has 0 spiro atoms. The van der Waals surface area contributed by atoms with Crippen molar-refractivity contribution < 1.29 is 13.6 Å². The van der Waals surface area contributed by atoms with Crippen LogP contribution < -0.4 is 11.1 Å². The monoisotopic (exact) mass is 284 g/mol. The molecule has 1 atom stereocenters. The van der Waals surface area contributed by atoms with Crippen LogP contribution in [0.3, 0.4) is 0 Å². The Morgan fingerprint density at radius 1 is 1.35 bits per heavy atom. The molecule has 1 unspecified atom stereocenters. The van der Waals surface area contributed by atoms with Gasteiger partial charge in [-0.2, -0.15) is 0 Å². The molecule has 1 aromatic carbocycles. The third-order valence-corrected chi connectivity index (χ3v) is 3.03. The van der Waals surface area contributed by atoms with Crippen molar-refractivity contribution in [1.82, 2.24) is 5.32 Å². The Morgan fingerprint density at radius 2 is 2.05 bits per heavy atom. The second kappa shape index (κ2) is 7.94. The van der Waals surface area contributed by atoms with Crippen LogP contribution in [0.15, 0.2) is 18.2 Å². The molecule has 3 N–H and O–H groups in total. The molecule has 0 aromatic heterocycles. The van der Waals surface area contributed by atoms with E-state index < -0.39 is 11.6 Å². The van der Waals surface area contributed by atoms with Gasteiger partial charge in [0.05, 0.1) is 0 Å². The normalized spacial score (nSPS) is 12.5. The Labute approximate surface area is 118 Å². The van der Waals surface area contributed by atoms with E-state index >= 15 is 0 Å². The highest BCUT2D eigenvalue weighted by Crippen LogP contribution is 2.12. The molecule has 0 fully saturated rings. The molecule has 0 saturated heterocycles. The standard InChI is InChI=1S/C15H22F2N2O/c1-10(2)7-13(9-18)19-15(20)6-3-11-8-12(16)4-5-14(11)17/h4-5,8,10,13H,3,6-7,9,18H2,1-2H3,(H,19,20). The third kappa shape index (κ3) is 5.65. The van der Waals surface area contributed by atoms with Crippen LogP contribution in [0.4, 0.5) is 8.78 Å². The van der Waals surface area contributed by atoms with Gasteiger partial charge in [0.25, 0.3) is 0 Å². The fourth-order valence-corrected chi connectivity index (χ4v) is 2.07. The molecule has 0 radical (unpaired) electrons. The zero-order valence-corrected chi connectivity index (χ0v) is 12.0. The first-order valence-corrected chi connectivity index (χ1v) is 6.85. The van der Waals surface area contributed by atoms with Crippen LogP contribution in [-0.2, 0) is 11.2 Å². The van der Waals surface area contributed by atoms with Crippen molar-refractivity contribution >= 4 is 5.91 Å². The molecule has 0 aliphatic carbocycles. The summed E-state index contributed by atoms with van der Waals surface area (Å²) in [7, 11) is 0. The summed E-state index contributed by atoms with van der Waals surface area (Å²) in [5.74, 6) is -0.743. The molecular formula is C15H22F2N2O. The van der Waals surface area contributed by atoms with E-state index in [9.17, 15) is 13.6 Å². The molecule has 0 saturated carbocycles. The minimum atomic E-state index is -0.499. The van der Waals surface area contributed by atoms with Crippen LogP contribution >= 0.6 is 0 Å². The quantitative estimate of drug-likeness (QED) is 0.807. The number of nitrogens with one attached hydrogen (secondary N) is 1. The largest absolute Gasteiger partial charge is 0.352 e. The van der Waals surface area contributed by atoms with Crippen LogP contribution in [0.25, 0.3) is 0 Å². The lowest BCUT2D eigenvalue weighted by Gasteiger charge is -2.18. The summed E-state index contributed by atoms with van der Waals surface area (Å²) in [6.07, 6.45) is 1.10. The number of aryl methyl sites for hydroxylation is 1. The van der Waals surface area contributed by atoms with E-state index in [0.717, 1.165) is 24.6 Å². The lowest BCUT2D eigenvalue weighted by molar-refractivity contribution is -0.121. The molecule has 0 bridgehead atoms. The first-order valence-electron chi connectivity index (χ1n) is 6.85. The van der Waals surface area contributed by atoms with Gasteiger partial charge in [-0.25, -0.2) is 8.78 Å². The molecule has 5 heteroatoms. The maximum Gasteiger partial charge on any atom is 0.220 e. The summed E-state index contributed by atoms with van der Waals surface area (Å²) >= 11 is 0. The molecular weight excluding hydrogens is 262 g/mol. The van der Waals surface area contributed by atoms with Gasteiger partial charge in [-0.05, 0) is 42.5 Å². The SMILES string of the molecule is CC(C)CC(CN)NC(=O)CCc1cc(F)ccc1F. The van der Waals surface area contributed by atoms with E-state index in [4.69, 9.17) is 5.73 Å². The fourth-order valence-electron chi connectivity index (χ4n) is 2.07. The number of carbonyl (C=O) groups excluding carboxylic acids is 1. The number of carbonyl (C=O) groups is 1. The molecule has 112 valence electrons. The summed E-state index contributed by atoms with van der Waals surface area (Å²) < 4.78 is 26.4. The molecule has 0 heterocycles. The van der Waals surface area contributed by atoms with Gasteiger partial charge in [-0.15, -0.1) is 0 Å². The van der Waals surface area contributed by atoms with Gasteiger partial charge in [-0.1, -0.05) is 13.8 Å². The van der Waals surface area contributed by atoms with Crippen molar-refractivity contribution in [3.63, 3.8) is 0 Å². The summed E-state index contributed by atoms with van der Waals surface area (Å²) in [6.45, 7) is 4.48. The van der Waals surface area contributed by atoms with Crippen LogP contribution in [0.1, 0.15) is 32.3 Å². The van der Waals surface area contributed by atoms with Crippen molar-refractivity contribution in [1.29, 1.82) is 0 Å². The number of hydrogen-bond acceptors (Lipinski definition) is 2. The van der Waals surface area contributed by atoms with Crippen LogP contribution in [-0.4, -0.2) is 18.5 Å². The number of halogens is 2. The topological polar surface area (TPSA) is 55.1 Å². The van der Waals surface area contributed by atoms with Gasteiger partial charge in [0.15, 0.2) is 0 Å². The smallest absolute Gasteiger partial charge is 0.220 e. The Bertz CT molecular complexity index is 449. The molecule has 0 aliphatic heterocycles. The Morgan fingerprint density at radius 3 is 2.65 bits per heavy atom. The van der Waals surface area contributed by atoms with Crippen molar-refractivity contribution in [2.45, 2.75) is 39.2 Å². The number of nitrogens with two attached hydrogens (primary N) is 1. The maximum absolute atomic E-state index is 13.4. The van der Waals surface area contributed by atoms with Gasteiger partial charge < -0.3 is 11.1 Å². The summed E-state index contributed by atoms with van der Waals surface area (Å²) in [4.78, 5) is 11.8. The summed E-state index contributed by atoms with van der Waals surface area (Å²) in [5, 5.41) is 2.82. The zero-order chi connectivity index (χ0) is 15.1. The van der Waals surface area contributed by atoms with E-state index in [-0.39, 0.29) is 30.4 Å². The third-order valence-electron chi connectivity index (χ3n) is 3.03. The Balaban J connectivity index is 2.48. The van der Waals surface area contributed by atoms with Gasteiger partial charge in [0, 0.05) is 19.0 Å². The maximum atomic E-state index is 13.4. The average molecular weight is 284 g/mol. The number of hydrogen-bond donors (Lipinski definition) is 2. The highest BCUT2D eigenvalue weighted by atomic mass is 19.1. The second-order valence-corrected chi connectivity index (χ2v) is 5.37. The lowest BCUT2D eigenvalue weighted by Crippen LogP contribution is -2.41. The lowest BCUT2D eigenvalue weighted by atomic mass is 10.0. The van der Waals surface area contributed by atoms with Crippen molar-refractivity contribution in [3.05, 3.63) is 35.4 Å². The number of amides is 1. The van der Waals surface area contributed by atoms with Crippen LogP contribution in [0.2, 0.25) is 0 Å². The zero-order valence-electron chi connectivity index (χ0n) is 12.0. The Kier molecular flexibility index (Phi) is 6.58. The number of rotatable bonds is 7.